The Labute approximate surface area is 136 Å². The molecule has 1 rings (SSSR count). The van der Waals surface area contributed by atoms with Crippen LogP contribution in [-0.2, 0) is 4.74 Å². The van der Waals surface area contributed by atoms with E-state index in [0.717, 1.165) is 22.3 Å². The van der Waals surface area contributed by atoms with Crippen molar-refractivity contribution in [1.82, 2.24) is 0 Å². The standard InChI is InChI=1S/C16H26BrNO3/c1-11(2)7-12(3)21-10-13(19)9-18-16-8-14(20-4)5-6-15(16)17/h5-6,8,11-13,18-19H,7,9-10H2,1-4H3. The summed E-state index contributed by atoms with van der Waals surface area (Å²) >= 11 is 3.47. The number of nitrogens with one attached hydrogen (secondary N) is 1. The molecule has 4 nitrogen and oxygen atoms in total. The van der Waals surface area contributed by atoms with Crippen molar-refractivity contribution in [1.29, 1.82) is 0 Å². The first kappa shape index (κ1) is 18.3. The van der Waals surface area contributed by atoms with Crippen molar-refractivity contribution in [2.45, 2.75) is 39.4 Å². The SMILES string of the molecule is COc1ccc(Br)c(NCC(O)COC(C)CC(C)C)c1. The molecule has 21 heavy (non-hydrogen) atoms. The van der Waals surface area contributed by atoms with Crippen LogP contribution >= 0.6 is 15.9 Å². The molecule has 2 unspecified atom stereocenters. The lowest BCUT2D eigenvalue weighted by Crippen LogP contribution is -2.27. The molecule has 2 N–H and O–H groups in total. The van der Waals surface area contributed by atoms with Crippen molar-refractivity contribution in [2.75, 3.05) is 25.6 Å². The summed E-state index contributed by atoms with van der Waals surface area (Å²) in [7, 11) is 1.63. The average Bonchev–Trinajstić information content (AvgIpc) is 2.43. The maximum Gasteiger partial charge on any atom is 0.121 e. The van der Waals surface area contributed by atoms with E-state index in [2.05, 4.69) is 35.1 Å². The van der Waals surface area contributed by atoms with Crippen molar-refractivity contribution in [3.63, 3.8) is 0 Å². The molecule has 0 aliphatic rings. The third kappa shape index (κ3) is 7.16. The molecule has 0 aliphatic heterocycles. The molecule has 0 saturated carbocycles. The zero-order valence-corrected chi connectivity index (χ0v) is 14.8. The molecular weight excluding hydrogens is 334 g/mol. The summed E-state index contributed by atoms with van der Waals surface area (Å²) in [6.45, 7) is 7.14. The minimum Gasteiger partial charge on any atom is -0.497 e. The monoisotopic (exact) mass is 359 g/mol. The molecule has 0 fully saturated rings. The number of halogens is 1. The molecule has 0 aliphatic carbocycles. The van der Waals surface area contributed by atoms with E-state index >= 15 is 0 Å². The summed E-state index contributed by atoms with van der Waals surface area (Å²) < 4.78 is 11.8. The average molecular weight is 360 g/mol. The van der Waals surface area contributed by atoms with Gasteiger partial charge in [0.25, 0.3) is 0 Å². The Morgan fingerprint density at radius 1 is 1.29 bits per heavy atom. The van der Waals surface area contributed by atoms with Crippen molar-refractivity contribution >= 4 is 21.6 Å². The van der Waals surface area contributed by atoms with Gasteiger partial charge in [-0.1, -0.05) is 13.8 Å². The van der Waals surface area contributed by atoms with Gasteiger partial charge in [-0.3, -0.25) is 0 Å². The molecule has 1 aromatic rings. The van der Waals surface area contributed by atoms with Gasteiger partial charge in [0.1, 0.15) is 5.75 Å². The molecular formula is C16H26BrNO3. The fraction of sp³-hybridized carbons (Fsp3) is 0.625. The number of hydrogen-bond donors (Lipinski definition) is 2. The van der Waals surface area contributed by atoms with E-state index in [0.29, 0.717) is 19.1 Å². The quantitative estimate of drug-likeness (QED) is 0.705. The van der Waals surface area contributed by atoms with E-state index in [9.17, 15) is 5.11 Å². The number of hydrogen-bond acceptors (Lipinski definition) is 4. The Morgan fingerprint density at radius 2 is 2.00 bits per heavy atom. The molecule has 0 spiro atoms. The first-order valence-corrected chi connectivity index (χ1v) is 8.08. The van der Waals surface area contributed by atoms with Gasteiger partial charge in [0, 0.05) is 17.1 Å². The van der Waals surface area contributed by atoms with Gasteiger partial charge >= 0.3 is 0 Å². The van der Waals surface area contributed by atoms with Crippen molar-refractivity contribution in [3.05, 3.63) is 22.7 Å². The fourth-order valence-corrected chi connectivity index (χ4v) is 2.45. The van der Waals surface area contributed by atoms with Gasteiger partial charge in [-0.05, 0) is 47.3 Å². The molecule has 0 bridgehead atoms. The summed E-state index contributed by atoms with van der Waals surface area (Å²) in [5, 5.41) is 13.2. The number of methoxy groups -OCH3 is 1. The van der Waals surface area contributed by atoms with Crippen LogP contribution in [0.1, 0.15) is 27.2 Å². The second-order valence-electron chi connectivity index (χ2n) is 5.65. The minimum atomic E-state index is -0.544. The van der Waals surface area contributed by atoms with Crippen LogP contribution in [0.4, 0.5) is 5.69 Å². The Hall–Kier alpha value is -0.780. The van der Waals surface area contributed by atoms with Crippen LogP contribution < -0.4 is 10.1 Å². The Kier molecular flexibility index (Phi) is 8.07. The molecule has 5 heteroatoms. The van der Waals surface area contributed by atoms with Crippen LogP contribution in [0.15, 0.2) is 22.7 Å². The molecule has 0 saturated heterocycles. The number of anilines is 1. The fourth-order valence-electron chi connectivity index (χ4n) is 2.06. The lowest BCUT2D eigenvalue weighted by Gasteiger charge is -2.19. The van der Waals surface area contributed by atoms with Gasteiger partial charge < -0.3 is 19.9 Å². The number of rotatable bonds is 9. The van der Waals surface area contributed by atoms with Crippen LogP contribution in [-0.4, -0.2) is 37.6 Å². The largest absolute Gasteiger partial charge is 0.497 e. The molecule has 0 heterocycles. The van der Waals surface area contributed by atoms with Gasteiger partial charge in [-0.15, -0.1) is 0 Å². The third-order valence-corrected chi connectivity index (χ3v) is 3.77. The van der Waals surface area contributed by atoms with Gasteiger partial charge in [-0.25, -0.2) is 0 Å². The summed E-state index contributed by atoms with van der Waals surface area (Å²) in [5.41, 5.74) is 0.892. The van der Waals surface area contributed by atoms with Crippen LogP contribution in [0.3, 0.4) is 0 Å². The molecule has 2 atom stereocenters. The Balaban J connectivity index is 2.37. The first-order chi connectivity index (χ1) is 9.92. The maximum atomic E-state index is 9.98. The first-order valence-electron chi connectivity index (χ1n) is 7.29. The Morgan fingerprint density at radius 3 is 2.62 bits per heavy atom. The second-order valence-corrected chi connectivity index (χ2v) is 6.51. The third-order valence-electron chi connectivity index (χ3n) is 3.08. The molecule has 120 valence electrons. The van der Waals surface area contributed by atoms with Crippen molar-refractivity contribution in [2.24, 2.45) is 5.92 Å². The topological polar surface area (TPSA) is 50.7 Å². The van der Waals surface area contributed by atoms with Crippen molar-refractivity contribution in [3.8, 4) is 5.75 Å². The minimum absolute atomic E-state index is 0.170. The van der Waals surface area contributed by atoms with Crippen LogP contribution in [0.5, 0.6) is 5.75 Å². The smallest absolute Gasteiger partial charge is 0.121 e. The molecule has 0 radical (unpaired) electrons. The van der Waals surface area contributed by atoms with E-state index in [1.165, 1.54) is 0 Å². The summed E-state index contributed by atoms with van der Waals surface area (Å²) in [5.74, 6) is 1.38. The van der Waals surface area contributed by atoms with Gasteiger partial charge in [0.2, 0.25) is 0 Å². The summed E-state index contributed by atoms with van der Waals surface area (Å²) in [4.78, 5) is 0. The number of aliphatic hydroxyl groups is 1. The lowest BCUT2D eigenvalue weighted by atomic mass is 10.1. The second kappa shape index (κ2) is 9.28. The zero-order valence-electron chi connectivity index (χ0n) is 13.2. The predicted molar refractivity (Wildman–Crippen MR) is 90.1 cm³/mol. The molecule has 0 amide bonds. The van der Waals surface area contributed by atoms with Crippen LogP contribution in [0.2, 0.25) is 0 Å². The van der Waals surface area contributed by atoms with E-state index < -0.39 is 6.10 Å². The van der Waals surface area contributed by atoms with E-state index in [4.69, 9.17) is 9.47 Å². The highest BCUT2D eigenvalue weighted by Gasteiger charge is 2.10. The van der Waals surface area contributed by atoms with Crippen molar-refractivity contribution < 1.29 is 14.6 Å². The molecule has 0 aromatic heterocycles. The van der Waals surface area contributed by atoms with Gasteiger partial charge in [0.15, 0.2) is 0 Å². The van der Waals surface area contributed by atoms with Gasteiger partial charge in [-0.2, -0.15) is 0 Å². The van der Waals surface area contributed by atoms with Crippen LogP contribution in [0.25, 0.3) is 0 Å². The highest BCUT2D eigenvalue weighted by molar-refractivity contribution is 9.10. The van der Waals surface area contributed by atoms with Gasteiger partial charge in [0.05, 0.1) is 31.6 Å². The normalized spacial score (nSPS) is 14.0. The highest BCUT2D eigenvalue weighted by atomic mass is 79.9. The van der Waals surface area contributed by atoms with E-state index in [-0.39, 0.29) is 6.10 Å². The highest BCUT2D eigenvalue weighted by Crippen LogP contribution is 2.27. The summed E-state index contributed by atoms with van der Waals surface area (Å²) in [6.07, 6.45) is 0.627. The number of aliphatic hydroxyl groups excluding tert-OH is 1. The molecule has 1 aromatic carbocycles. The number of ether oxygens (including phenoxy) is 2. The van der Waals surface area contributed by atoms with E-state index in [1.807, 2.05) is 25.1 Å². The zero-order chi connectivity index (χ0) is 15.8. The predicted octanol–water partition coefficient (Wildman–Crippen LogP) is 3.68. The number of benzene rings is 1. The van der Waals surface area contributed by atoms with Crippen LogP contribution in [0, 0.1) is 5.92 Å². The summed E-state index contributed by atoms with van der Waals surface area (Å²) in [6, 6.07) is 5.68. The Bertz CT molecular complexity index is 426. The van der Waals surface area contributed by atoms with E-state index in [1.54, 1.807) is 7.11 Å². The lowest BCUT2D eigenvalue weighted by molar-refractivity contribution is -0.00444. The maximum absolute atomic E-state index is 9.98.